The first-order valence-corrected chi connectivity index (χ1v) is 7.52. The van der Waals surface area contributed by atoms with Gasteiger partial charge in [-0.3, -0.25) is 9.59 Å². The molecule has 2 rings (SSSR count). The Morgan fingerprint density at radius 2 is 1.63 bits per heavy atom. The van der Waals surface area contributed by atoms with Gasteiger partial charge in [0.25, 0.3) is 0 Å². The molecular formula is C15H25NO3. The van der Waals surface area contributed by atoms with E-state index in [9.17, 15) is 14.7 Å². The van der Waals surface area contributed by atoms with Crippen molar-refractivity contribution in [2.24, 2.45) is 23.7 Å². The number of rotatable bonds is 2. The van der Waals surface area contributed by atoms with Gasteiger partial charge in [-0.25, -0.2) is 0 Å². The molecule has 0 aromatic rings. The van der Waals surface area contributed by atoms with Crippen molar-refractivity contribution in [3.63, 3.8) is 0 Å². The molecule has 1 aliphatic carbocycles. The fourth-order valence-electron chi connectivity index (χ4n) is 3.42. The molecule has 0 spiro atoms. The number of piperidine rings is 1. The highest BCUT2D eigenvalue weighted by Gasteiger charge is 2.39. The minimum Gasteiger partial charge on any atom is -0.481 e. The van der Waals surface area contributed by atoms with Gasteiger partial charge in [0.15, 0.2) is 0 Å². The number of carboxylic acids is 1. The standard InChI is InChI=1S/C15H25NO3/c1-10-7-8-16(9-11(10)2)14(17)12-5-3-4-6-13(12)15(18)19/h10-13H,3-9H2,1-2H3,(H,18,19). The van der Waals surface area contributed by atoms with E-state index in [-0.39, 0.29) is 11.8 Å². The molecule has 4 nitrogen and oxygen atoms in total. The van der Waals surface area contributed by atoms with Gasteiger partial charge >= 0.3 is 5.97 Å². The van der Waals surface area contributed by atoms with Crippen LogP contribution in [0, 0.1) is 23.7 Å². The number of likely N-dealkylation sites (tertiary alicyclic amines) is 1. The summed E-state index contributed by atoms with van der Waals surface area (Å²) in [6.45, 7) is 6.00. The van der Waals surface area contributed by atoms with Crippen LogP contribution in [-0.2, 0) is 9.59 Å². The number of aliphatic carboxylic acids is 1. The van der Waals surface area contributed by atoms with Crippen LogP contribution < -0.4 is 0 Å². The van der Waals surface area contributed by atoms with Crippen LogP contribution in [0.1, 0.15) is 46.0 Å². The Bertz CT molecular complexity index is 355. The molecule has 1 saturated carbocycles. The SMILES string of the molecule is CC1CCN(C(=O)C2CCCCC2C(=O)O)CC1C. The summed E-state index contributed by atoms with van der Waals surface area (Å²) in [4.78, 5) is 25.8. The lowest BCUT2D eigenvalue weighted by atomic mass is 9.77. The topological polar surface area (TPSA) is 57.6 Å². The summed E-state index contributed by atoms with van der Waals surface area (Å²) in [6, 6.07) is 0. The number of carbonyl (C=O) groups excluding carboxylic acids is 1. The van der Waals surface area contributed by atoms with Crippen molar-refractivity contribution in [3.05, 3.63) is 0 Å². The van der Waals surface area contributed by atoms with Crippen molar-refractivity contribution in [2.75, 3.05) is 13.1 Å². The van der Waals surface area contributed by atoms with Crippen LogP contribution in [0.3, 0.4) is 0 Å². The molecule has 1 heterocycles. The Balaban J connectivity index is 2.03. The van der Waals surface area contributed by atoms with Crippen LogP contribution in [0.5, 0.6) is 0 Å². The van der Waals surface area contributed by atoms with E-state index in [1.54, 1.807) is 0 Å². The summed E-state index contributed by atoms with van der Waals surface area (Å²) < 4.78 is 0. The Morgan fingerprint density at radius 3 is 2.21 bits per heavy atom. The summed E-state index contributed by atoms with van der Waals surface area (Å²) in [6.07, 6.45) is 4.37. The summed E-state index contributed by atoms with van der Waals surface area (Å²) in [5.41, 5.74) is 0. The minimum atomic E-state index is -0.795. The van der Waals surface area contributed by atoms with Crippen LogP contribution in [-0.4, -0.2) is 35.0 Å². The molecule has 4 heteroatoms. The molecule has 4 atom stereocenters. The zero-order valence-electron chi connectivity index (χ0n) is 12.0. The van der Waals surface area contributed by atoms with E-state index in [1.165, 1.54) is 0 Å². The van der Waals surface area contributed by atoms with E-state index in [0.29, 0.717) is 18.3 Å². The molecular weight excluding hydrogens is 242 g/mol. The maximum absolute atomic E-state index is 12.6. The van der Waals surface area contributed by atoms with Gasteiger partial charge in [0, 0.05) is 13.1 Å². The molecule has 0 bridgehead atoms. The van der Waals surface area contributed by atoms with Crippen LogP contribution in [0.25, 0.3) is 0 Å². The third-order valence-electron chi connectivity index (χ3n) is 5.05. The van der Waals surface area contributed by atoms with Gasteiger partial charge in [-0.15, -0.1) is 0 Å². The lowest BCUT2D eigenvalue weighted by Gasteiger charge is -2.39. The summed E-state index contributed by atoms with van der Waals surface area (Å²) >= 11 is 0. The second-order valence-electron chi connectivity index (χ2n) is 6.36. The molecule has 19 heavy (non-hydrogen) atoms. The van der Waals surface area contributed by atoms with Gasteiger partial charge in [0.05, 0.1) is 11.8 Å². The molecule has 0 aromatic heterocycles. The molecule has 4 unspecified atom stereocenters. The van der Waals surface area contributed by atoms with Crippen molar-refractivity contribution in [2.45, 2.75) is 46.0 Å². The van der Waals surface area contributed by atoms with Gasteiger partial charge in [-0.2, -0.15) is 0 Å². The van der Waals surface area contributed by atoms with Crippen molar-refractivity contribution in [1.82, 2.24) is 4.90 Å². The first-order chi connectivity index (χ1) is 9.00. The monoisotopic (exact) mass is 267 g/mol. The second-order valence-corrected chi connectivity index (χ2v) is 6.36. The van der Waals surface area contributed by atoms with Crippen LogP contribution >= 0.6 is 0 Å². The number of nitrogens with zero attached hydrogens (tertiary/aromatic N) is 1. The zero-order chi connectivity index (χ0) is 14.0. The lowest BCUT2D eigenvalue weighted by Crippen LogP contribution is -2.47. The number of hydrogen-bond acceptors (Lipinski definition) is 2. The summed E-state index contributed by atoms with van der Waals surface area (Å²) in [7, 11) is 0. The first-order valence-electron chi connectivity index (χ1n) is 7.52. The van der Waals surface area contributed by atoms with Gasteiger partial charge in [-0.05, 0) is 31.1 Å². The van der Waals surface area contributed by atoms with Crippen molar-refractivity contribution >= 4 is 11.9 Å². The molecule has 2 aliphatic rings. The Kier molecular flexibility index (Phi) is 4.48. The fourth-order valence-corrected chi connectivity index (χ4v) is 3.42. The quantitative estimate of drug-likeness (QED) is 0.835. The van der Waals surface area contributed by atoms with Crippen LogP contribution in [0.2, 0.25) is 0 Å². The average Bonchev–Trinajstić information content (AvgIpc) is 2.41. The molecule has 0 radical (unpaired) electrons. The van der Waals surface area contributed by atoms with Gasteiger partial charge in [0.1, 0.15) is 0 Å². The highest BCUT2D eigenvalue weighted by Crippen LogP contribution is 2.33. The van der Waals surface area contributed by atoms with E-state index < -0.39 is 11.9 Å². The predicted octanol–water partition coefficient (Wildman–Crippen LogP) is 2.38. The van der Waals surface area contributed by atoms with E-state index in [4.69, 9.17) is 0 Å². The van der Waals surface area contributed by atoms with E-state index in [2.05, 4.69) is 13.8 Å². The third kappa shape index (κ3) is 3.10. The smallest absolute Gasteiger partial charge is 0.307 e. The molecule has 2 fully saturated rings. The maximum atomic E-state index is 12.6. The Morgan fingerprint density at radius 1 is 1.00 bits per heavy atom. The van der Waals surface area contributed by atoms with Crippen molar-refractivity contribution in [3.8, 4) is 0 Å². The minimum absolute atomic E-state index is 0.0888. The average molecular weight is 267 g/mol. The van der Waals surface area contributed by atoms with Gasteiger partial charge < -0.3 is 10.0 Å². The molecule has 1 aliphatic heterocycles. The number of carbonyl (C=O) groups is 2. The normalized spacial score (nSPS) is 36.0. The molecule has 1 N–H and O–H groups in total. The Hall–Kier alpha value is -1.06. The summed E-state index contributed by atoms with van der Waals surface area (Å²) in [5, 5.41) is 9.28. The Labute approximate surface area is 115 Å². The van der Waals surface area contributed by atoms with Crippen molar-refractivity contribution < 1.29 is 14.7 Å². The number of carboxylic acid groups (broad SMARTS) is 1. The van der Waals surface area contributed by atoms with E-state index >= 15 is 0 Å². The maximum Gasteiger partial charge on any atom is 0.307 e. The van der Waals surface area contributed by atoms with E-state index in [0.717, 1.165) is 38.8 Å². The summed E-state index contributed by atoms with van der Waals surface area (Å²) in [5.74, 6) is -0.277. The third-order valence-corrected chi connectivity index (χ3v) is 5.05. The van der Waals surface area contributed by atoms with Gasteiger partial charge in [0.2, 0.25) is 5.91 Å². The largest absolute Gasteiger partial charge is 0.481 e. The number of amides is 1. The molecule has 0 aromatic carbocycles. The van der Waals surface area contributed by atoms with E-state index in [1.807, 2.05) is 4.90 Å². The highest BCUT2D eigenvalue weighted by molar-refractivity contribution is 5.85. The number of hydrogen-bond donors (Lipinski definition) is 1. The molecule has 1 saturated heterocycles. The molecule has 108 valence electrons. The zero-order valence-corrected chi connectivity index (χ0v) is 12.0. The highest BCUT2D eigenvalue weighted by atomic mass is 16.4. The predicted molar refractivity (Wildman–Crippen MR) is 72.6 cm³/mol. The van der Waals surface area contributed by atoms with Crippen molar-refractivity contribution in [1.29, 1.82) is 0 Å². The molecule has 1 amide bonds. The fraction of sp³-hybridized carbons (Fsp3) is 0.867. The van der Waals surface area contributed by atoms with Crippen LogP contribution in [0.15, 0.2) is 0 Å². The van der Waals surface area contributed by atoms with Gasteiger partial charge in [-0.1, -0.05) is 26.7 Å². The lowest BCUT2D eigenvalue weighted by molar-refractivity contribution is -0.153. The second kappa shape index (κ2) is 5.93. The first kappa shape index (κ1) is 14.4. The van der Waals surface area contributed by atoms with Crippen LogP contribution in [0.4, 0.5) is 0 Å².